The predicted molar refractivity (Wildman–Crippen MR) is 85.1 cm³/mol. The summed E-state index contributed by atoms with van der Waals surface area (Å²) >= 11 is 6.16. The Morgan fingerprint density at radius 1 is 1.29 bits per heavy atom. The number of halogens is 1. The molecule has 0 amide bonds. The van der Waals surface area contributed by atoms with Crippen molar-refractivity contribution < 1.29 is 4.74 Å². The van der Waals surface area contributed by atoms with Crippen molar-refractivity contribution in [2.24, 2.45) is 0 Å². The Kier molecular flexibility index (Phi) is 5.62. The molecule has 1 heterocycles. The third-order valence-electron chi connectivity index (χ3n) is 3.57. The fourth-order valence-corrected chi connectivity index (χ4v) is 2.62. The Bertz CT molecular complexity index is 583. The summed E-state index contributed by atoms with van der Waals surface area (Å²) in [4.78, 5) is 0. The molecule has 4 nitrogen and oxygen atoms in total. The van der Waals surface area contributed by atoms with Gasteiger partial charge in [-0.1, -0.05) is 23.7 Å². The van der Waals surface area contributed by atoms with Crippen LogP contribution in [-0.2, 0) is 13.0 Å². The highest BCUT2D eigenvalue weighted by atomic mass is 35.5. The minimum absolute atomic E-state index is 0.326. The molecule has 0 spiro atoms. The van der Waals surface area contributed by atoms with E-state index in [9.17, 15) is 0 Å². The normalized spacial score (nSPS) is 12.4. The molecule has 0 aliphatic carbocycles. The number of hydrogen-bond acceptors (Lipinski definition) is 3. The molecule has 1 unspecified atom stereocenters. The summed E-state index contributed by atoms with van der Waals surface area (Å²) < 4.78 is 7.59. The van der Waals surface area contributed by atoms with Crippen molar-refractivity contribution >= 4 is 11.6 Å². The summed E-state index contributed by atoms with van der Waals surface area (Å²) in [6.45, 7) is 7.71. The van der Waals surface area contributed by atoms with Gasteiger partial charge in [0, 0.05) is 24.2 Å². The molecule has 2 aromatic rings. The molecular weight excluding hydrogens is 286 g/mol. The largest absolute Gasteiger partial charge is 0.494 e. The molecule has 1 aromatic carbocycles. The van der Waals surface area contributed by atoms with E-state index in [2.05, 4.69) is 24.2 Å². The second-order valence-corrected chi connectivity index (χ2v) is 5.43. The molecule has 0 saturated carbocycles. The lowest BCUT2D eigenvalue weighted by atomic mass is 9.91. The number of nitrogens with zero attached hydrogens (tertiary/aromatic N) is 3. The fraction of sp³-hybridized carbons (Fsp3) is 0.500. The van der Waals surface area contributed by atoms with Crippen molar-refractivity contribution in [2.45, 2.75) is 46.1 Å². The van der Waals surface area contributed by atoms with Crippen LogP contribution < -0.4 is 4.74 Å². The van der Waals surface area contributed by atoms with Gasteiger partial charge in [-0.2, -0.15) is 0 Å². The van der Waals surface area contributed by atoms with Gasteiger partial charge in [-0.3, -0.25) is 4.68 Å². The Labute approximate surface area is 131 Å². The Morgan fingerprint density at radius 2 is 2.10 bits per heavy atom. The first-order valence-corrected chi connectivity index (χ1v) is 7.86. The van der Waals surface area contributed by atoms with E-state index in [1.54, 1.807) is 0 Å². The molecule has 0 N–H and O–H groups in total. The lowest BCUT2D eigenvalue weighted by Crippen LogP contribution is -2.06. The smallest absolute Gasteiger partial charge is 0.122 e. The van der Waals surface area contributed by atoms with Crippen molar-refractivity contribution in [1.29, 1.82) is 0 Å². The molecule has 1 aromatic heterocycles. The van der Waals surface area contributed by atoms with E-state index < -0.39 is 0 Å². The molecular formula is C16H22ClN3O. The van der Waals surface area contributed by atoms with Crippen molar-refractivity contribution in [3.8, 4) is 5.75 Å². The topological polar surface area (TPSA) is 39.9 Å². The van der Waals surface area contributed by atoms with Gasteiger partial charge in [0.1, 0.15) is 5.75 Å². The minimum Gasteiger partial charge on any atom is -0.494 e. The third kappa shape index (κ3) is 3.97. The number of aryl methyl sites for hydroxylation is 1. The summed E-state index contributed by atoms with van der Waals surface area (Å²) in [7, 11) is 0. The molecule has 0 bridgehead atoms. The van der Waals surface area contributed by atoms with Gasteiger partial charge in [0.05, 0.1) is 12.3 Å². The van der Waals surface area contributed by atoms with Gasteiger partial charge in [0.25, 0.3) is 0 Å². The van der Waals surface area contributed by atoms with E-state index in [0.29, 0.717) is 12.5 Å². The van der Waals surface area contributed by atoms with Gasteiger partial charge in [-0.05, 0) is 49.9 Å². The van der Waals surface area contributed by atoms with Crippen molar-refractivity contribution in [3.05, 3.63) is 40.7 Å². The lowest BCUT2D eigenvalue weighted by molar-refractivity contribution is 0.333. The minimum atomic E-state index is 0.326. The average molecular weight is 308 g/mol. The van der Waals surface area contributed by atoms with Gasteiger partial charge >= 0.3 is 0 Å². The molecule has 2 rings (SSSR count). The van der Waals surface area contributed by atoms with Crippen LogP contribution in [0.15, 0.2) is 24.4 Å². The van der Waals surface area contributed by atoms with Crippen LogP contribution in [0.25, 0.3) is 0 Å². The molecule has 114 valence electrons. The summed E-state index contributed by atoms with van der Waals surface area (Å²) in [5.41, 5.74) is 2.16. The molecule has 0 fully saturated rings. The Balaban J connectivity index is 2.25. The highest BCUT2D eigenvalue weighted by Gasteiger charge is 2.17. The highest BCUT2D eigenvalue weighted by Crippen LogP contribution is 2.33. The third-order valence-corrected chi connectivity index (χ3v) is 3.81. The quantitative estimate of drug-likeness (QED) is 0.773. The maximum Gasteiger partial charge on any atom is 0.122 e. The first kappa shape index (κ1) is 15.8. The monoisotopic (exact) mass is 307 g/mol. The van der Waals surface area contributed by atoms with E-state index in [4.69, 9.17) is 16.3 Å². The molecule has 21 heavy (non-hydrogen) atoms. The van der Waals surface area contributed by atoms with E-state index in [1.165, 1.54) is 0 Å². The summed E-state index contributed by atoms with van der Waals surface area (Å²) in [5, 5.41) is 9.08. The molecule has 5 heteroatoms. The molecule has 1 atom stereocenters. The first-order chi connectivity index (χ1) is 10.2. The van der Waals surface area contributed by atoms with Crippen LogP contribution in [0.1, 0.15) is 44.4 Å². The van der Waals surface area contributed by atoms with Gasteiger partial charge < -0.3 is 4.74 Å². The summed E-state index contributed by atoms with van der Waals surface area (Å²) in [6.07, 6.45) is 3.85. The molecule has 0 saturated heterocycles. The average Bonchev–Trinajstić information content (AvgIpc) is 2.94. The van der Waals surface area contributed by atoms with Crippen LogP contribution in [0, 0.1) is 0 Å². The van der Waals surface area contributed by atoms with Crippen LogP contribution >= 0.6 is 11.6 Å². The van der Waals surface area contributed by atoms with E-state index in [0.717, 1.165) is 41.4 Å². The van der Waals surface area contributed by atoms with Crippen molar-refractivity contribution in [1.82, 2.24) is 15.0 Å². The number of rotatable bonds is 7. The zero-order valence-corrected chi connectivity index (χ0v) is 13.6. The standard InChI is InChI=1S/C16H22ClN3O/c1-4-12(9-14-11-20(5-2)19-18-14)15-10-13(17)7-8-16(15)21-6-3/h7-8,10-12H,4-6,9H2,1-3H3. The maximum absolute atomic E-state index is 6.16. The fourth-order valence-electron chi connectivity index (χ4n) is 2.44. The van der Waals surface area contributed by atoms with E-state index >= 15 is 0 Å². The first-order valence-electron chi connectivity index (χ1n) is 7.49. The van der Waals surface area contributed by atoms with Gasteiger partial charge in [-0.15, -0.1) is 5.10 Å². The van der Waals surface area contributed by atoms with Crippen LogP contribution in [0.3, 0.4) is 0 Å². The van der Waals surface area contributed by atoms with Crippen molar-refractivity contribution in [2.75, 3.05) is 6.61 Å². The molecule has 0 aliphatic rings. The summed E-state index contributed by atoms with van der Waals surface area (Å²) in [5.74, 6) is 1.24. The lowest BCUT2D eigenvalue weighted by Gasteiger charge is -2.18. The van der Waals surface area contributed by atoms with Gasteiger partial charge in [0.15, 0.2) is 0 Å². The summed E-state index contributed by atoms with van der Waals surface area (Å²) in [6, 6.07) is 5.83. The Hall–Kier alpha value is -1.55. The molecule has 0 radical (unpaired) electrons. The molecule has 0 aliphatic heterocycles. The number of hydrogen-bond donors (Lipinski definition) is 0. The zero-order valence-electron chi connectivity index (χ0n) is 12.8. The second-order valence-electron chi connectivity index (χ2n) is 4.99. The van der Waals surface area contributed by atoms with E-state index in [1.807, 2.05) is 36.0 Å². The van der Waals surface area contributed by atoms with E-state index in [-0.39, 0.29) is 0 Å². The van der Waals surface area contributed by atoms with Crippen LogP contribution in [-0.4, -0.2) is 21.6 Å². The van der Waals surface area contributed by atoms with Crippen LogP contribution in [0.2, 0.25) is 5.02 Å². The Morgan fingerprint density at radius 3 is 2.71 bits per heavy atom. The zero-order chi connectivity index (χ0) is 15.2. The SMILES string of the molecule is CCOc1ccc(Cl)cc1C(CC)Cc1cn(CC)nn1. The van der Waals surface area contributed by atoms with Crippen LogP contribution in [0.5, 0.6) is 5.75 Å². The second kappa shape index (κ2) is 7.46. The van der Waals surface area contributed by atoms with Crippen molar-refractivity contribution in [3.63, 3.8) is 0 Å². The van der Waals surface area contributed by atoms with Gasteiger partial charge in [0.2, 0.25) is 0 Å². The maximum atomic E-state index is 6.16. The highest BCUT2D eigenvalue weighted by molar-refractivity contribution is 6.30. The number of aromatic nitrogens is 3. The number of benzene rings is 1. The van der Waals surface area contributed by atoms with Crippen LogP contribution in [0.4, 0.5) is 0 Å². The predicted octanol–water partition coefficient (Wildman–Crippen LogP) is 4.09. The van der Waals surface area contributed by atoms with Gasteiger partial charge in [-0.25, -0.2) is 0 Å². The number of ether oxygens (including phenoxy) is 1.